The smallest absolute Gasteiger partial charge is 0.315 e. The lowest BCUT2D eigenvalue weighted by Gasteiger charge is -2.08. The Morgan fingerprint density at radius 3 is 2.50 bits per heavy atom. The van der Waals surface area contributed by atoms with Crippen LogP contribution in [-0.4, -0.2) is 18.3 Å². The first-order valence-electron chi connectivity index (χ1n) is 7.18. The van der Waals surface area contributed by atoms with Gasteiger partial charge in [-0.1, -0.05) is 48.0 Å². The van der Waals surface area contributed by atoms with Gasteiger partial charge in [-0.2, -0.15) is 0 Å². The van der Waals surface area contributed by atoms with Gasteiger partial charge in [0.1, 0.15) is 0 Å². The molecule has 2 rings (SSSR count). The Morgan fingerprint density at radius 2 is 1.73 bits per heavy atom. The third-order valence-corrected chi connectivity index (χ3v) is 4.48. The fourth-order valence-electron chi connectivity index (χ4n) is 1.86. The van der Waals surface area contributed by atoms with E-state index in [1.807, 2.05) is 42.5 Å². The van der Waals surface area contributed by atoms with E-state index in [2.05, 4.69) is 22.8 Å². The van der Waals surface area contributed by atoms with Crippen molar-refractivity contribution in [2.24, 2.45) is 0 Å². The molecule has 0 saturated carbocycles. The maximum Gasteiger partial charge on any atom is 0.315 e. The molecule has 0 aliphatic heterocycles. The molecule has 2 aromatic rings. The van der Waals surface area contributed by atoms with E-state index >= 15 is 0 Å². The zero-order valence-electron chi connectivity index (χ0n) is 12.2. The first-order chi connectivity index (χ1) is 10.8. The molecule has 0 spiro atoms. The van der Waals surface area contributed by atoms with E-state index in [4.69, 9.17) is 11.6 Å². The van der Waals surface area contributed by atoms with E-state index in [1.165, 1.54) is 4.90 Å². The minimum absolute atomic E-state index is 0.162. The molecule has 0 aromatic heterocycles. The summed E-state index contributed by atoms with van der Waals surface area (Å²) in [5, 5.41) is 6.33. The zero-order valence-corrected chi connectivity index (χ0v) is 13.8. The second-order valence-corrected chi connectivity index (χ2v) is 6.29. The molecular weight excluding hydrogens is 316 g/mol. The first kappa shape index (κ1) is 16.7. The molecule has 3 nitrogen and oxygen atoms in total. The summed E-state index contributed by atoms with van der Waals surface area (Å²) in [6.07, 6.45) is 0.930. The van der Waals surface area contributed by atoms with E-state index in [-0.39, 0.29) is 6.03 Å². The van der Waals surface area contributed by atoms with Crippen LogP contribution in [0.1, 0.15) is 12.0 Å². The first-order valence-corrected chi connectivity index (χ1v) is 8.55. The van der Waals surface area contributed by atoms with E-state index in [0.29, 0.717) is 18.1 Å². The summed E-state index contributed by atoms with van der Waals surface area (Å²) in [6, 6.07) is 17.6. The molecule has 116 valence electrons. The minimum atomic E-state index is -0.162. The van der Waals surface area contributed by atoms with Crippen LogP contribution < -0.4 is 10.6 Å². The summed E-state index contributed by atoms with van der Waals surface area (Å²) >= 11 is 7.83. The van der Waals surface area contributed by atoms with Gasteiger partial charge in [-0.05, 0) is 35.9 Å². The van der Waals surface area contributed by atoms with Crippen molar-refractivity contribution >= 4 is 29.4 Å². The summed E-state index contributed by atoms with van der Waals surface area (Å²) in [5.41, 5.74) is 0.916. The lowest BCUT2D eigenvalue weighted by molar-refractivity contribution is 0.240. The molecule has 2 N–H and O–H groups in total. The van der Waals surface area contributed by atoms with Crippen LogP contribution in [-0.2, 0) is 6.54 Å². The Labute approximate surface area is 140 Å². The predicted molar refractivity (Wildman–Crippen MR) is 93.5 cm³/mol. The maximum atomic E-state index is 11.7. The van der Waals surface area contributed by atoms with Gasteiger partial charge in [-0.15, -0.1) is 11.8 Å². The number of halogens is 1. The molecule has 0 atom stereocenters. The monoisotopic (exact) mass is 334 g/mol. The topological polar surface area (TPSA) is 41.1 Å². The maximum absolute atomic E-state index is 11.7. The molecule has 0 aliphatic rings. The highest BCUT2D eigenvalue weighted by molar-refractivity contribution is 7.99. The third-order valence-electron chi connectivity index (χ3n) is 3.02. The fourth-order valence-corrected chi connectivity index (χ4v) is 2.94. The number of urea groups is 1. The van der Waals surface area contributed by atoms with E-state index < -0.39 is 0 Å². The minimum Gasteiger partial charge on any atom is -0.338 e. The summed E-state index contributed by atoms with van der Waals surface area (Å²) in [5.74, 6) is 0.981. The van der Waals surface area contributed by atoms with Crippen molar-refractivity contribution in [3.63, 3.8) is 0 Å². The van der Waals surface area contributed by atoms with Crippen molar-refractivity contribution in [3.05, 3.63) is 65.2 Å². The molecule has 2 amide bonds. The normalized spacial score (nSPS) is 10.2. The van der Waals surface area contributed by atoms with Crippen molar-refractivity contribution in [2.45, 2.75) is 17.9 Å². The van der Waals surface area contributed by atoms with Crippen molar-refractivity contribution in [1.82, 2.24) is 10.6 Å². The number of carbonyl (C=O) groups is 1. The van der Waals surface area contributed by atoms with Crippen LogP contribution in [0.5, 0.6) is 0 Å². The molecule has 0 aliphatic carbocycles. The molecule has 0 bridgehead atoms. The van der Waals surface area contributed by atoms with Crippen LogP contribution in [0.15, 0.2) is 59.5 Å². The number of carbonyl (C=O) groups excluding carboxylic acids is 1. The Kier molecular flexibility index (Phi) is 7.13. The van der Waals surface area contributed by atoms with Gasteiger partial charge in [0.05, 0.1) is 0 Å². The van der Waals surface area contributed by atoms with Gasteiger partial charge in [0.25, 0.3) is 0 Å². The summed E-state index contributed by atoms with van der Waals surface area (Å²) < 4.78 is 0. The number of hydrogen-bond acceptors (Lipinski definition) is 2. The summed E-state index contributed by atoms with van der Waals surface area (Å²) in [4.78, 5) is 12.9. The van der Waals surface area contributed by atoms with Crippen molar-refractivity contribution < 1.29 is 4.79 Å². The molecule has 2 aromatic carbocycles. The lowest BCUT2D eigenvalue weighted by atomic mass is 10.2. The second kappa shape index (κ2) is 9.38. The number of benzene rings is 2. The highest BCUT2D eigenvalue weighted by Gasteiger charge is 2.02. The molecule has 22 heavy (non-hydrogen) atoms. The summed E-state index contributed by atoms with van der Waals surface area (Å²) in [6.45, 7) is 1.10. The van der Waals surface area contributed by atoms with Crippen LogP contribution in [0, 0.1) is 0 Å². The molecule has 0 fully saturated rings. The highest BCUT2D eigenvalue weighted by atomic mass is 35.5. The molecule has 5 heteroatoms. The van der Waals surface area contributed by atoms with Gasteiger partial charge in [0.2, 0.25) is 0 Å². The average Bonchev–Trinajstić information content (AvgIpc) is 2.55. The Bertz CT molecular complexity index is 592. The molecule has 0 unspecified atom stereocenters. The number of thioether (sulfide) groups is 1. The number of hydrogen-bond donors (Lipinski definition) is 2. The van der Waals surface area contributed by atoms with Crippen LogP contribution in [0.4, 0.5) is 4.79 Å². The van der Waals surface area contributed by atoms with Crippen molar-refractivity contribution in [1.29, 1.82) is 0 Å². The fraction of sp³-hybridized carbons (Fsp3) is 0.235. The number of rotatable bonds is 7. The Hall–Kier alpha value is -1.65. The van der Waals surface area contributed by atoms with Crippen LogP contribution in [0.25, 0.3) is 0 Å². The van der Waals surface area contributed by atoms with Crippen LogP contribution >= 0.6 is 23.4 Å². The Balaban J connectivity index is 1.57. The SMILES string of the molecule is O=C(NCCCSc1ccccc1)NCc1ccccc1Cl. The zero-order chi connectivity index (χ0) is 15.6. The van der Waals surface area contributed by atoms with E-state index in [1.54, 1.807) is 11.8 Å². The molecule has 0 heterocycles. The number of nitrogens with one attached hydrogen (secondary N) is 2. The molecule has 0 saturated heterocycles. The van der Waals surface area contributed by atoms with Crippen LogP contribution in [0.2, 0.25) is 5.02 Å². The van der Waals surface area contributed by atoms with Gasteiger partial charge >= 0.3 is 6.03 Å². The molecule has 0 radical (unpaired) electrons. The Morgan fingerprint density at radius 1 is 1.00 bits per heavy atom. The lowest BCUT2D eigenvalue weighted by Crippen LogP contribution is -2.35. The van der Waals surface area contributed by atoms with E-state index in [0.717, 1.165) is 17.7 Å². The van der Waals surface area contributed by atoms with Gasteiger partial charge in [-0.25, -0.2) is 4.79 Å². The number of amides is 2. The average molecular weight is 335 g/mol. The quantitative estimate of drug-likeness (QED) is 0.584. The van der Waals surface area contributed by atoms with Gasteiger partial charge < -0.3 is 10.6 Å². The summed E-state index contributed by atoms with van der Waals surface area (Å²) in [7, 11) is 0. The van der Waals surface area contributed by atoms with Gasteiger partial charge in [0, 0.05) is 23.0 Å². The highest BCUT2D eigenvalue weighted by Crippen LogP contribution is 2.17. The van der Waals surface area contributed by atoms with Crippen molar-refractivity contribution in [3.8, 4) is 0 Å². The standard InChI is InChI=1S/C17H19ClN2OS/c18-16-10-5-4-7-14(16)13-20-17(21)19-11-6-12-22-15-8-2-1-3-9-15/h1-5,7-10H,6,11-13H2,(H2,19,20,21). The largest absolute Gasteiger partial charge is 0.338 e. The van der Waals surface area contributed by atoms with Crippen molar-refractivity contribution in [2.75, 3.05) is 12.3 Å². The van der Waals surface area contributed by atoms with Crippen LogP contribution in [0.3, 0.4) is 0 Å². The second-order valence-electron chi connectivity index (χ2n) is 4.72. The van der Waals surface area contributed by atoms with E-state index in [9.17, 15) is 4.79 Å². The van der Waals surface area contributed by atoms with Gasteiger partial charge in [0.15, 0.2) is 0 Å². The predicted octanol–water partition coefficient (Wildman–Crippen LogP) is 4.32. The molecular formula is C17H19ClN2OS. The third kappa shape index (κ3) is 6.00. The van der Waals surface area contributed by atoms with Gasteiger partial charge in [-0.3, -0.25) is 0 Å².